The highest BCUT2D eigenvalue weighted by Gasteiger charge is 2.25. The topological polar surface area (TPSA) is 102 Å². The van der Waals surface area contributed by atoms with Crippen LogP contribution in [-0.2, 0) is 19.1 Å². The number of carboxylic acid groups (broad SMARTS) is 1. The molecule has 0 aromatic rings. The molecule has 0 aromatic heterocycles. The molecule has 1 atom stereocenters. The summed E-state index contributed by atoms with van der Waals surface area (Å²) in [6.45, 7) is 10.7. The second-order valence-electron chi connectivity index (χ2n) is 7.40. The van der Waals surface area contributed by atoms with Gasteiger partial charge in [0.2, 0.25) is 0 Å². The minimum Gasteiger partial charge on any atom is -0.481 e. The van der Waals surface area contributed by atoms with Gasteiger partial charge in [-0.1, -0.05) is 0 Å². The lowest BCUT2D eigenvalue weighted by Crippen LogP contribution is -2.33. The van der Waals surface area contributed by atoms with Crippen LogP contribution in [0.5, 0.6) is 0 Å². The Labute approximate surface area is 137 Å². The Kier molecular flexibility index (Phi) is 8.06. The number of hydrogen-bond donors (Lipinski definition) is 2. The van der Waals surface area contributed by atoms with Crippen molar-refractivity contribution < 1.29 is 29.0 Å². The predicted octanol–water partition coefficient (Wildman–Crippen LogP) is 2.72. The smallest absolute Gasteiger partial charge is 0.407 e. The van der Waals surface area contributed by atoms with Crippen molar-refractivity contribution in [2.45, 2.75) is 72.0 Å². The van der Waals surface area contributed by atoms with Crippen LogP contribution in [0.1, 0.15) is 60.8 Å². The van der Waals surface area contributed by atoms with Crippen LogP contribution in [0, 0.1) is 5.92 Å². The highest BCUT2D eigenvalue weighted by Crippen LogP contribution is 2.16. The molecule has 0 aliphatic heterocycles. The van der Waals surface area contributed by atoms with Crippen molar-refractivity contribution in [3.05, 3.63) is 0 Å². The van der Waals surface area contributed by atoms with Crippen molar-refractivity contribution in [1.29, 1.82) is 0 Å². The second-order valence-corrected chi connectivity index (χ2v) is 7.40. The summed E-state index contributed by atoms with van der Waals surface area (Å²) in [4.78, 5) is 34.3. The number of amides is 1. The Hall–Kier alpha value is -1.79. The Bertz CT molecular complexity index is 419. The monoisotopic (exact) mass is 331 g/mol. The molecule has 0 fully saturated rings. The van der Waals surface area contributed by atoms with Gasteiger partial charge < -0.3 is 19.9 Å². The fourth-order valence-corrected chi connectivity index (χ4v) is 1.75. The van der Waals surface area contributed by atoms with E-state index in [-0.39, 0.29) is 19.4 Å². The van der Waals surface area contributed by atoms with Gasteiger partial charge in [-0.2, -0.15) is 0 Å². The molecule has 0 spiro atoms. The third-order valence-electron chi connectivity index (χ3n) is 2.58. The summed E-state index contributed by atoms with van der Waals surface area (Å²) in [6, 6.07) is 0. The Morgan fingerprint density at radius 2 is 1.52 bits per heavy atom. The number of alkyl carbamates (subject to hydrolysis) is 1. The van der Waals surface area contributed by atoms with Gasteiger partial charge >= 0.3 is 18.0 Å². The highest BCUT2D eigenvalue weighted by molar-refractivity contribution is 5.78. The lowest BCUT2D eigenvalue weighted by Gasteiger charge is -2.21. The van der Waals surface area contributed by atoms with Gasteiger partial charge in [0.15, 0.2) is 0 Å². The van der Waals surface area contributed by atoms with Crippen molar-refractivity contribution >= 4 is 18.0 Å². The fourth-order valence-electron chi connectivity index (χ4n) is 1.75. The van der Waals surface area contributed by atoms with E-state index in [1.165, 1.54) is 0 Å². The third-order valence-corrected chi connectivity index (χ3v) is 2.58. The number of carbonyl (C=O) groups excluding carboxylic acids is 2. The van der Waals surface area contributed by atoms with Crippen molar-refractivity contribution in [3.63, 3.8) is 0 Å². The molecule has 7 heteroatoms. The van der Waals surface area contributed by atoms with Crippen LogP contribution < -0.4 is 5.32 Å². The number of aliphatic carboxylic acids is 1. The lowest BCUT2D eigenvalue weighted by atomic mass is 9.99. The molecule has 0 aliphatic carbocycles. The van der Waals surface area contributed by atoms with E-state index in [0.29, 0.717) is 6.42 Å². The van der Waals surface area contributed by atoms with Gasteiger partial charge in [0, 0.05) is 6.54 Å². The highest BCUT2D eigenvalue weighted by atomic mass is 16.6. The van der Waals surface area contributed by atoms with Crippen molar-refractivity contribution in [3.8, 4) is 0 Å². The van der Waals surface area contributed by atoms with Gasteiger partial charge in [-0.25, -0.2) is 4.79 Å². The van der Waals surface area contributed by atoms with Crippen LogP contribution in [0.25, 0.3) is 0 Å². The standard InChI is InChI=1S/C16H29NO6/c1-15(2,3)22-12(18)10-11(13(19)20)8-7-9-17-14(21)23-16(4,5)6/h11H,7-10H2,1-6H3,(H,17,21)(H,19,20)/t11-/m1/s1. The van der Waals surface area contributed by atoms with Gasteiger partial charge in [0.05, 0.1) is 12.3 Å². The number of carbonyl (C=O) groups is 3. The van der Waals surface area contributed by atoms with Crippen LogP contribution in [0.3, 0.4) is 0 Å². The fraction of sp³-hybridized carbons (Fsp3) is 0.812. The number of carboxylic acids is 1. The maximum absolute atomic E-state index is 11.7. The molecule has 2 N–H and O–H groups in total. The van der Waals surface area contributed by atoms with E-state index < -0.39 is 35.2 Å². The minimum absolute atomic E-state index is 0.182. The molecular weight excluding hydrogens is 302 g/mol. The zero-order chi connectivity index (χ0) is 18.3. The summed E-state index contributed by atoms with van der Waals surface area (Å²) in [7, 11) is 0. The summed E-state index contributed by atoms with van der Waals surface area (Å²) >= 11 is 0. The van der Waals surface area contributed by atoms with Crippen LogP contribution in [0.15, 0.2) is 0 Å². The SMILES string of the molecule is CC(C)(C)OC(=O)C[C@@H](CCCNC(=O)OC(C)(C)C)C(=O)O. The van der Waals surface area contributed by atoms with E-state index in [1.807, 2.05) is 0 Å². The van der Waals surface area contributed by atoms with E-state index in [1.54, 1.807) is 41.5 Å². The summed E-state index contributed by atoms with van der Waals surface area (Å²) in [5.41, 5.74) is -1.22. The summed E-state index contributed by atoms with van der Waals surface area (Å²) < 4.78 is 10.2. The number of rotatable bonds is 7. The largest absolute Gasteiger partial charge is 0.481 e. The molecule has 0 bridgehead atoms. The third kappa shape index (κ3) is 12.4. The molecule has 0 heterocycles. The molecule has 0 saturated heterocycles. The molecule has 0 aromatic carbocycles. The summed E-state index contributed by atoms with van der Waals surface area (Å²) in [5, 5.41) is 11.7. The Morgan fingerprint density at radius 3 is 1.96 bits per heavy atom. The Morgan fingerprint density at radius 1 is 1.00 bits per heavy atom. The quantitative estimate of drug-likeness (QED) is 0.549. The van der Waals surface area contributed by atoms with Crippen LogP contribution in [0.4, 0.5) is 4.79 Å². The average molecular weight is 331 g/mol. The molecule has 23 heavy (non-hydrogen) atoms. The van der Waals surface area contributed by atoms with E-state index >= 15 is 0 Å². The van der Waals surface area contributed by atoms with Crippen molar-refractivity contribution in [2.75, 3.05) is 6.54 Å². The van der Waals surface area contributed by atoms with Crippen LogP contribution in [0.2, 0.25) is 0 Å². The zero-order valence-electron chi connectivity index (χ0n) is 14.9. The number of hydrogen-bond acceptors (Lipinski definition) is 5. The first kappa shape index (κ1) is 21.2. The summed E-state index contributed by atoms with van der Waals surface area (Å²) in [5.74, 6) is -2.41. The molecule has 0 aliphatic rings. The first-order chi connectivity index (χ1) is 10.3. The Balaban J connectivity index is 4.19. The average Bonchev–Trinajstić information content (AvgIpc) is 2.27. The first-order valence-electron chi connectivity index (χ1n) is 7.71. The lowest BCUT2D eigenvalue weighted by molar-refractivity contribution is -0.160. The van der Waals surface area contributed by atoms with Gasteiger partial charge in [-0.05, 0) is 54.4 Å². The van der Waals surface area contributed by atoms with E-state index in [0.717, 1.165) is 0 Å². The molecule has 0 saturated carbocycles. The van der Waals surface area contributed by atoms with E-state index in [4.69, 9.17) is 14.6 Å². The van der Waals surface area contributed by atoms with Gasteiger partial charge in [-0.15, -0.1) is 0 Å². The maximum atomic E-state index is 11.7. The van der Waals surface area contributed by atoms with Crippen LogP contribution in [-0.4, -0.2) is 40.9 Å². The second kappa shape index (κ2) is 8.74. The van der Waals surface area contributed by atoms with Crippen LogP contribution >= 0.6 is 0 Å². The van der Waals surface area contributed by atoms with E-state index in [9.17, 15) is 14.4 Å². The molecule has 0 rings (SSSR count). The molecule has 0 radical (unpaired) electrons. The number of esters is 1. The molecule has 7 nitrogen and oxygen atoms in total. The minimum atomic E-state index is -1.05. The first-order valence-corrected chi connectivity index (χ1v) is 7.71. The van der Waals surface area contributed by atoms with Gasteiger partial charge in [-0.3, -0.25) is 9.59 Å². The zero-order valence-corrected chi connectivity index (χ0v) is 14.9. The number of nitrogens with one attached hydrogen (secondary N) is 1. The normalized spacial score (nSPS) is 13.1. The molecule has 0 unspecified atom stereocenters. The van der Waals surface area contributed by atoms with Gasteiger partial charge in [0.25, 0.3) is 0 Å². The van der Waals surface area contributed by atoms with Crippen molar-refractivity contribution in [1.82, 2.24) is 5.32 Å². The van der Waals surface area contributed by atoms with Crippen molar-refractivity contribution in [2.24, 2.45) is 5.92 Å². The molecular formula is C16H29NO6. The predicted molar refractivity (Wildman–Crippen MR) is 85.1 cm³/mol. The van der Waals surface area contributed by atoms with Gasteiger partial charge in [0.1, 0.15) is 11.2 Å². The maximum Gasteiger partial charge on any atom is 0.407 e. The molecule has 134 valence electrons. The number of ether oxygens (including phenoxy) is 2. The summed E-state index contributed by atoms with van der Waals surface area (Å²) in [6.07, 6.45) is -0.0286. The molecule has 1 amide bonds. The van der Waals surface area contributed by atoms with E-state index in [2.05, 4.69) is 5.32 Å².